The van der Waals surface area contributed by atoms with Crippen molar-refractivity contribution in [1.82, 2.24) is 4.90 Å². The summed E-state index contributed by atoms with van der Waals surface area (Å²) >= 11 is 0. The molecule has 0 aromatic heterocycles. The van der Waals surface area contributed by atoms with Crippen LogP contribution in [-0.2, 0) is 11.3 Å². The van der Waals surface area contributed by atoms with Crippen LogP contribution in [0.3, 0.4) is 0 Å². The van der Waals surface area contributed by atoms with Crippen LogP contribution in [0.2, 0.25) is 0 Å². The zero-order chi connectivity index (χ0) is 16.1. The highest BCUT2D eigenvalue weighted by atomic mass is 16.6. The van der Waals surface area contributed by atoms with E-state index in [0.29, 0.717) is 18.7 Å². The molecule has 1 atom stereocenters. The van der Waals surface area contributed by atoms with E-state index in [1.165, 1.54) is 0 Å². The maximum absolute atomic E-state index is 12.5. The number of carbonyl (C=O) groups excluding carboxylic acids is 1. The second kappa shape index (κ2) is 7.01. The van der Waals surface area contributed by atoms with Gasteiger partial charge in [0, 0.05) is 13.0 Å². The number of amides is 1. The smallest absolute Gasteiger partial charge is 0.410 e. The predicted molar refractivity (Wildman–Crippen MR) is 87.8 cm³/mol. The Morgan fingerprint density at radius 1 is 1.09 bits per heavy atom. The molecule has 3 rings (SSSR count). The Morgan fingerprint density at radius 3 is 2.43 bits per heavy atom. The van der Waals surface area contributed by atoms with E-state index in [-0.39, 0.29) is 18.7 Å². The van der Waals surface area contributed by atoms with Gasteiger partial charge in [0.2, 0.25) is 0 Å². The SMILES string of the molecule is O=C(OCc1ccccc1)N1CCC(O)=C[C@@H]1c1ccccc1. The first-order valence-electron chi connectivity index (χ1n) is 7.66. The molecule has 1 aliphatic rings. The van der Waals surface area contributed by atoms with Crippen LogP contribution in [0.4, 0.5) is 4.79 Å². The zero-order valence-corrected chi connectivity index (χ0v) is 12.8. The minimum absolute atomic E-state index is 0.243. The van der Waals surface area contributed by atoms with E-state index in [1.807, 2.05) is 60.7 Å². The van der Waals surface area contributed by atoms with Crippen molar-refractivity contribution in [2.75, 3.05) is 6.54 Å². The van der Waals surface area contributed by atoms with Gasteiger partial charge < -0.3 is 9.84 Å². The molecule has 0 bridgehead atoms. The van der Waals surface area contributed by atoms with Gasteiger partial charge in [0.1, 0.15) is 6.61 Å². The van der Waals surface area contributed by atoms with E-state index in [0.717, 1.165) is 11.1 Å². The highest BCUT2D eigenvalue weighted by Crippen LogP contribution is 2.29. The highest BCUT2D eigenvalue weighted by Gasteiger charge is 2.28. The van der Waals surface area contributed by atoms with Gasteiger partial charge in [-0.15, -0.1) is 0 Å². The van der Waals surface area contributed by atoms with Crippen molar-refractivity contribution in [3.05, 3.63) is 83.6 Å². The molecule has 0 aliphatic carbocycles. The Hall–Kier alpha value is -2.75. The summed E-state index contributed by atoms with van der Waals surface area (Å²) in [6, 6.07) is 18.9. The standard InChI is InChI=1S/C19H19NO3/c21-17-11-12-20(18(13-17)16-9-5-2-6-10-16)19(22)23-14-15-7-3-1-4-8-15/h1-10,13,18,21H,11-12,14H2/t18-/m1/s1. The van der Waals surface area contributed by atoms with E-state index in [1.54, 1.807) is 11.0 Å². The Balaban J connectivity index is 1.73. The van der Waals surface area contributed by atoms with Crippen molar-refractivity contribution >= 4 is 6.09 Å². The summed E-state index contributed by atoms with van der Waals surface area (Å²) in [5, 5.41) is 9.83. The number of benzene rings is 2. The summed E-state index contributed by atoms with van der Waals surface area (Å²) in [5.41, 5.74) is 1.91. The topological polar surface area (TPSA) is 49.8 Å². The lowest BCUT2D eigenvalue weighted by atomic mass is 10.0. The van der Waals surface area contributed by atoms with Crippen molar-refractivity contribution in [2.24, 2.45) is 0 Å². The number of hydrogen-bond acceptors (Lipinski definition) is 3. The van der Waals surface area contributed by atoms with Crippen LogP contribution in [0.5, 0.6) is 0 Å². The normalized spacial score (nSPS) is 17.5. The molecule has 0 unspecified atom stereocenters. The van der Waals surface area contributed by atoms with Crippen LogP contribution >= 0.6 is 0 Å². The summed E-state index contributed by atoms with van der Waals surface area (Å²) in [5.74, 6) is 0.311. The maximum Gasteiger partial charge on any atom is 0.410 e. The number of rotatable bonds is 3. The molecular formula is C19H19NO3. The molecule has 2 aromatic carbocycles. The minimum Gasteiger partial charge on any atom is -0.512 e. The van der Waals surface area contributed by atoms with Crippen molar-refractivity contribution in [1.29, 1.82) is 0 Å². The quantitative estimate of drug-likeness (QED) is 0.924. The third kappa shape index (κ3) is 3.72. The second-order valence-electron chi connectivity index (χ2n) is 5.50. The van der Waals surface area contributed by atoms with Crippen molar-refractivity contribution < 1.29 is 14.6 Å². The molecule has 1 N–H and O–H groups in total. The zero-order valence-electron chi connectivity index (χ0n) is 12.8. The highest BCUT2D eigenvalue weighted by molar-refractivity contribution is 5.69. The lowest BCUT2D eigenvalue weighted by Gasteiger charge is -2.32. The third-order valence-electron chi connectivity index (χ3n) is 3.88. The molecule has 2 aromatic rings. The molecule has 23 heavy (non-hydrogen) atoms. The number of ether oxygens (including phenoxy) is 1. The molecule has 1 aliphatic heterocycles. The van der Waals surface area contributed by atoms with Crippen LogP contribution < -0.4 is 0 Å². The van der Waals surface area contributed by atoms with Gasteiger partial charge >= 0.3 is 6.09 Å². The Kier molecular flexibility index (Phi) is 4.62. The Bertz CT molecular complexity index is 682. The predicted octanol–water partition coefficient (Wildman–Crippen LogP) is 4.21. The largest absolute Gasteiger partial charge is 0.512 e. The number of aliphatic hydroxyl groups excluding tert-OH is 1. The summed E-state index contributed by atoms with van der Waals surface area (Å²) in [4.78, 5) is 14.1. The molecule has 1 heterocycles. The van der Waals surface area contributed by atoms with Gasteiger partial charge in [-0.1, -0.05) is 60.7 Å². The van der Waals surface area contributed by atoms with Crippen molar-refractivity contribution in [3.63, 3.8) is 0 Å². The van der Waals surface area contributed by atoms with E-state index in [9.17, 15) is 9.90 Å². The van der Waals surface area contributed by atoms with Crippen molar-refractivity contribution in [2.45, 2.75) is 19.1 Å². The first-order valence-corrected chi connectivity index (χ1v) is 7.66. The first kappa shape index (κ1) is 15.2. The molecule has 4 heteroatoms. The fraction of sp³-hybridized carbons (Fsp3) is 0.211. The molecule has 0 radical (unpaired) electrons. The molecule has 0 spiro atoms. The summed E-state index contributed by atoms with van der Waals surface area (Å²) in [7, 11) is 0. The van der Waals surface area contributed by atoms with Crippen LogP contribution in [0.1, 0.15) is 23.6 Å². The molecule has 0 fully saturated rings. The van der Waals surface area contributed by atoms with Gasteiger partial charge in [-0.3, -0.25) is 4.90 Å². The lowest BCUT2D eigenvalue weighted by molar-refractivity contribution is 0.0823. The summed E-state index contributed by atoms with van der Waals surface area (Å²) < 4.78 is 5.43. The number of carbonyl (C=O) groups is 1. The number of nitrogens with zero attached hydrogens (tertiary/aromatic N) is 1. The van der Waals surface area contributed by atoms with E-state index in [4.69, 9.17) is 4.74 Å². The third-order valence-corrected chi connectivity index (χ3v) is 3.88. The van der Waals surface area contributed by atoms with Crippen LogP contribution in [-0.4, -0.2) is 22.6 Å². The van der Waals surface area contributed by atoms with Gasteiger partial charge in [0.25, 0.3) is 0 Å². The van der Waals surface area contributed by atoms with Gasteiger partial charge in [0.05, 0.1) is 11.8 Å². The van der Waals surface area contributed by atoms with Crippen LogP contribution in [0.15, 0.2) is 72.5 Å². The molecule has 1 amide bonds. The Morgan fingerprint density at radius 2 is 1.74 bits per heavy atom. The van der Waals surface area contributed by atoms with Gasteiger partial charge in [0.15, 0.2) is 0 Å². The minimum atomic E-state index is -0.369. The summed E-state index contributed by atoms with van der Waals surface area (Å²) in [6.45, 7) is 0.683. The molecular weight excluding hydrogens is 290 g/mol. The van der Waals surface area contributed by atoms with E-state index in [2.05, 4.69) is 0 Å². The average Bonchev–Trinajstić information content (AvgIpc) is 2.61. The molecule has 118 valence electrons. The molecule has 0 saturated heterocycles. The average molecular weight is 309 g/mol. The maximum atomic E-state index is 12.5. The summed E-state index contributed by atoms with van der Waals surface area (Å²) in [6.07, 6.45) is 1.79. The first-order chi connectivity index (χ1) is 11.2. The van der Waals surface area contributed by atoms with Gasteiger partial charge in [-0.2, -0.15) is 0 Å². The van der Waals surface area contributed by atoms with Crippen LogP contribution in [0.25, 0.3) is 0 Å². The van der Waals surface area contributed by atoms with Crippen LogP contribution in [0, 0.1) is 0 Å². The molecule has 4 nitrogen and oxygen atoms in total. The fourth-order valence-electron chi connectivity index (χ4n) is 2.66. The lowest BCUT2D eigenvalue weighted by Crippen LogP contribution is -2.38. The number of hydrogen-bond donors (Lipinski definition) is 1. The fourth-order valence-corrected chi connectivity index (χ4v) is 2.66. The van der Waals surface area contributed by atoms with E-state index < -0.39 is 0 Å². The number of aliphatic hydroxyl groups is 1. The Labute approximate surface area is 135 Å². The van der Waals surface area contributed by atoms with Crippen molar-refractivity contribution in [3.8, 4) is 0 Å². The van der Waals surface area contributed by atoms with Gasteiger partial charge in [-0.05, 0) is 17.2 Å². The van der Waals surface area contributed by atoms with Gasteiger partial charge in [-0.25, -0.2) is 4.79 Å². The monoisotopic (exact) mass is 309 g/mol. The second-order valence-corrected chi connectivity index (χ2v) is 5.50. The van der Waals surface area contributed by atoms with E-state index >= 15 is 0 Å². The molecule has 0 saturated carbocycles.